The van der Waals surface area contributed by atoms with Gasteiger partial charge in [-0.15, -0.1) is 0 Å². The highest BCUT2D eigenvalue weighted by molar-refractivity contribution is 5.94. The highest BCUT2D eigenvalue weighted by Crippen LogP contribution is 2.19. The van der Waals surface area contributed by atoms with Gasteiger partial charge in [-0.05, 0) is 25.1 Å². The lowest BCUT2D eigenvalue weighted by molar-refractivity contribution is 0.101. The van der Waals surface area contributed by atoms with Crippen molar-refractivity contribution in [3.63, 3.8) is 0 Å². The molecule has 0 saturated carbocycles. The highest BCUT2D eigenvalue weighted by Gasteiger charge is 2.08. The molecule has 0 unspecified atom stereocenters. The third kappa shape index (κ3) is 2.56. The minimum atomic E-state index is -0.537. The molecule has 0 saturated heterocycles. The first-order chi connectivity index (χ1) is 8.58. The van der Waals surface area contributed by atoms with Crippen molar-refractivity contribution in [2.45, 2.75) is 13.5 Å². The molecular formula is C13H13FN2O2. The molecule has 0 N–H and O–H groups in total. The summed E-state index contributed by atoms with van der Waals surface area (Å²) >= 11 is 0. The first kappa shape index (κ1) is 12.3. The molecule has 18 heavy (non-hydrogen) atoms. The molecule has 2 aromatic rings. The number of halogens is 1. The van der Waals surface area contributed by atoms with Crippen molar-refractivity contribution >= 4 is 5.78 Å². The largest absolute Gasteiger partial charge is 0.484 e. The third-order valence-electron chi connectivity index (χ3n) is 2.63. The first-order valence-corrected chi connectivity index (χ1v) is 5.46. The van der Waals surface area contributed by atoms with Crippen LogP contribution < -0.4 is 4.74 Å². The van der Waals surface area contributed by atoms with E-state index in [0.717, 1.165) is 5.69 Å². The first-order valence-electron chi connectivity index (χ1n) is 5.46. The van der Waals surface area contributed by atoms with E-state index in [4.69, 9.17) is 4.74 Å². The fourth-order valence-corrected chi connectivity index (χ4v) is 1.51. The Hall–Kier alpha value is -2.17. The number of ether oxygens (including phenoxy) is 1. The van der Waals surface area contributed by atoms with Crippen LogP contribution in [0.5, 0.6) is 5.75 Å². The van der Waals surface area contributed by atoms with Gasteiger partial charge in [0.2, 0.25) is 0 Å². The maximum Gasteiger partial charge on any atom is 0.165 e. The normalized spacial score (nSPS) is 10.4. The number of hydrogen-bond acceptors (Lipinski definition) is 3. The Kier molecular flexibility index (Phi) is 3.41. The fraction of sp³-hybridized carbons (Fsp3) is 0.231. The molecule has 0 aliphatic carbocycles. The lowest BCUT2D eigenvalue weighted by Crippen LogP contribution is -2.03. The molecule has 0 radical (unpaired) electrons. The lowest BCUT2D eigenvalue weighted by atomic mass is 10.1. The van der Waals surface area contributed by atoms with Crippen molar-refractivity contribution < 1.29 is 13.9 Å². The van der Waals surface area contributed by atoms with E-state index < -0.39 is 5.82 Å². The smallest absolute Gasteiger partial charge is 0.165 e. The maximum absolute atomic E-state index is 13.6. The maximum atomic E-state index is 13.6. The summed E-state index contributed by atoms with van der Waals surface area (Å²) < 4.78 is 20.8. The minimum Gasteiger partial charge on any atom is -0.484 e. The number of aryl methyl sites for hydroxylation is 1. The molecule has 1 heterocycles. The standard InChI is InChI=1S/C13H13FN2O2/c1-9(17)10-3-4-13(12(14)5-10)18-7-11-6-15-8-16(11)2/h3-6,8H,7H2,1-2H3. The van der Waals surface area contributed by atoms with E-state index in [0.29, 0.717) is 5.56 Å². The van der Waals surface area contributed by atoms with Crippen LogP contribution >= 0.6 is 0 Å². The SMILES string of the molecule is CC(=O)c1ccc(OCc2cncn2C)c(F)c1. The number of Topliss-reactive ketones (excluding diaryl/α,β-unsaturated/α-hetero) is 1. The molecule has 1 aromatic heterocycles. The van der Waals surface area contributed by atoms with E-state index in [1.54, 1.807) is 23.2 Å². The van der Waals surface area contributed by atoms with Gasteiger partial charge in [-0.25, -0.2) is 9.37 Å². The monoisotopic (exact) mass is 248 g/mol. The van der Waals surface area contributed by atoms with E-state index in [1.165, 1.54) is 19.1 Å². The third-order valence-corrected chi connectivity index (χ3v) is 2.63. The summed E-state index contributed by atoms with van der Waals surface area (Å²) in [5, 5.41) is 0. The quantitative estimate of drug-likeness (QED) is 0.780. The van der Waals surface area contributed by atoms with Crippen molar-refractivity contribution in [3.8, 4) is 5.75 Å². The van der Waals surface area contributed by atoms with Crippen LogP contribution in [0.15, 0.2) is 30.7 Å². The average molecular weight is 248 g/mol. The molecule has 4 nitrogen and oxygen atoms in total. The van der Waals surface area contributed by atoms with Crippen molar-refractivity contribution in [1.29, 1.82) is 0 Å². The van der Waals surface area contributed by atoms with Gasteiger partial charge in [0.05, 0.1) is 18.2 Å². The zero-order valence-corrected chi connectivity index (χ0v) is 10.2. The predicted molar refractivity (Wildman–Crippen MR) is 63.9 cm³/mol. The highest BCUT2D eigenvalue weighted by atomic mass is 19.1. The summed E-state index contributed by atoms with van der Waals surface area (Å²) in [6, 6.07) is 4.19. The van der Waals surface area contributed by atoms with Crippen LogP contribution in [0.1, 0.15) is 23.0 Å². The Morgan fingerprint density at radius 2 is 2.28 bits per heavy atom. The molecular weight excluding hydrogens is 235 g/mol. The van der Waals surface area contributed by atoms with Crippen LogP contribution in [0.3, 0.4) is 0 Å². The molecule has 0 spiro atoms. The van der Waals surface area contributed by atoms with E-state index in [-0.39, 0.29) is 18.1 Å². The number of aromatic nitrogens is 2. The molecule has 0 aliphatic rings. The van der Waals surface area contributed by atoms with Gasteiger partial charge in [-0.2, -0.15) is 0 Å². The van der Waals surface area contributed by atoms with Crippen molar-refractivity contribution in [2.75, 3.05) is 0 Å². The molecule has 94 valence electrons. The Labute approximate surface area is 104 Å². The van der Waals surface area contributed by atoms with E-state index >= 15 is 0 Å². The van der Waals surface area contributed by atoms with Gasteiger partial charge in [-0.3, -0.25) is 4.79 Å². The number of nitrogens with zero attached hydrogens (tertiary/aromatic N) is 2. The summed E-state index contributed by atoms with van der Waals surface area (Å²) in [5.74, 6) is -0.585. The number of benzene rings is 1. The Bertz CT molecular complexity index is 578. The number of hydrogen-bond donors (Lipinski definition) is 0. The molecule has 2 rings (SSSR count). The summed E-state index contributed by atoms with van der Waals surface area (Å²) in [6.45, 7) is 1.62. The van der Waals surface area contributed by atoms with Crippen molar-refractivity contribution in [2.24, 2.45) is 7.05 Å². The van der Waals surface area contributed by atoms with Gasteiger partial charge in [0, 0.05) is 12.6 Å². The molecule has 0 aliphatic heterocycles. The van der Waals surface area contributed by atoms with Gasteiger partial charge in [0.1, 0.15) is 6.61 Å². The molecule has 0 amide bonds. The second-order valence-corrected chi connectivity index (χ2v) is 3.99. The Balaban J connectivity index is 2.11. The van der Waals surface area contributed by atoms with E-state index in [1.807, 2.05) is 7.05 Å². The number of imidazole rings is 1. The Morgan fingerprint density at radius 1 is 1.50 bits per heavy atom. The second-order valence-electron chi connectivity index (χ2n) is 3.99. The van der Waals surface area contributed by atoms with Gasteiger partial charge >= 0.3 is 0 Å². The number of ketones is 1. The van der Waals surface area contributed by atoms with Crippen LogP contribution in [-0.2, 0) is 13.7 Å². The van der Waals surface area contributed by atoms with E-state index in [9.17, 15) is 9.18 Å². The average Bonchev–Trinajstić information content (AvgIpc) is 2.73. The molecule has 1 aromatic carbocycles. The lowest BCUT2D eigenvalue weighted by Gasteiger charge is -2.08. The van der Waals surface area contributed by atoms with Crippen LogP contribution in [0.25, 0.3) is 0 Å². The van der Waals surface area contributed by atoms with Gasteiger partial charge in [-0.1, -0.05) is 0 Å². The summed E-state index contributed by atoms with van der Waals surface area (Å²) in [6.07, 6.45) is 3.30. The second kappa shape index (κ2) is 5.00. The van der Waals surface area contributed by atoms with E-state index in [2.05, 4.69) is 4.98 Å². The number of carbonyl (C=O) groups is 1. The zero-order chi connectivity index (χ0) is 13.1. The topological polar surface area (TPSA) is 44.1 Å². The molecule has 0 bridgehead atoms. The zero-order valence-electron chi connectivity index (χ0n) is 10.2. The number of rotatable bonds is 4. The number of carbonyl (C=O) groups excluding carboxylic acids is 1. The predicted octanol–water partition coefficient (Wildman–Crippen LogP) is 2.34. The van der Waals surface area contributed by atoms with Crippen LogP contribution in [0.4, 0.5) is 4.39 Å². The summed E-state index contributed by atoms with van der Waals surface area (Å²) in [7, 11) is 1.83. The van der Waals surface area contributed by atoms with Gasteiger partial charge < -0.3 is 9.30 Å². The summed E-state index contributed by atoms with van der Waals surface area (Å²) in [4.78, 5) is 15.0. The van der Waals surface area contributed by atoms with Crippen molar-refractivity contribution in [1.82, 2.24) is 9.55 Å². The minimum absolute atomic E-state index is 0.126. The van der Waals surface area contributed by atoms with Gasteiger partial charge in [0.25, 0.3) is 0 Å². The molecule has 0 atom stereocenters. The van der Waals surface area contributed by atoms with Crippen LogP contribution in [0.2, 0.25) is 0 Å². The molecule has 5 heteroatoms. The van der Waals surface area contributed by atoms with Gasteiger partial charge in [0.15, 0.2) is 17.3 Å². The van der Waals surface area contributed by atoms with Crippen molar-refractivity contribution in [3.05, 3.63) is 47.8 Å². The molecule has 0 fully saturated rings. The van der Waals surface area contributed by atoms with Crippen LogP contribution in [0, 0.1) is 5.82 Å². The summed E-state index contributed by atoms with van der Waals surface area (Å²) in [5.41, 5.74) is 1.17. The van der Waals surface area contributed by atoms with Crippen LogP contribution in [-0.4, -0.2) is 15.3 Å². The Morgan fingerprint density at radius 3 is 2.83 bits per heavy atom. The fourth-order valence-electron chi connectivity index (χ4n) is 1.51.